The Morgan fingerprint density at radius 2 is 1.28 bits per heavy atom. The zero-order chi connectivity index (χ0) is 17.7. The number of hydroxylamine groups is 2. The van der Waals surface area contributed by atoms with Gasteiger partial charge in [0, 0.05) is 6.54 Å². The summed E-state index contributed by atoms with van der Waals surface area (Å²) in [6, 6.07) is 28.2. The highest BCUT2D eigenvalue weighted by molar-refractivity contribution is 5.30. The van der Waals surface area contributed by atoms with Gasteiger partial charge in [-0.25, -0.2) is 0 Å². The molecule has 0 radical (unpaired) electrons. The molecule has 0 aliphatic heterocycles. The number of hydrogen-bond acceptors (Lipinski definition) is 3. The van der Waals surface area contributed by atoms with Crippen molar-refractivity contribution in [2.24, 2.45) is 0 Å². The minimum Gasteiger partial charge on any atom is -0.383 e. The summed E-state index contributed by atoms with van der Waals surface area (Å²) in [5.41, 5.74) is 1.34. The topological polar surface area (TPSA) is 43.7 Å². The molecule has 2 N–H and O–H groups in total. The van der Waals surface area contributed by atoms with Gasteiger partial charge in [0.1, 0.15) is 5.60 Å². The van der Waals surface area contributed by atoms with E-state index in [9.17, 15) is 10.3 Å². The minimum absolute atomic E-state index is 0.323. The van der Waals surface area contributed by atoms with E-state index in [0.29, 0.717) is 6.54 Å². The van der Waals surface area contributed by atoms with Crippen LogP contribution in [0, 0.1) is 0 Å². The summed E-state index contributed by atoms with van der Waals surface area (Å²) in [5, 5.41) is 23.5. The molecule has 128 valence electrons. The maximum Gasteiger partial charge on any atom is 0.109 e. The average molecular weight is 333 g/mol. The highest BCUT2D eigenvalue weighted by Crippen LogP contribution is 2.39. The van der Waals surface area contributed by atoms with Crippen LogP contribution in [-0.2, 0) is 12.1 Å². The summed E-state index contributed by atoms with van der Waals surface area (Å²) in [7, 11) is 0. The van der Waals surface area contributed by atoms with E-state index in [1.165, 1.54) is 5.06 Å². The molecule has 0 saturated heterocycles. The lowest BCUT2D eigenvalue weighted by Crippen LogP contribution is -2.40. The lowest BCUT2D eigenvalue weighted by Gasteiger charge is -2.38. The molecule has 0 aliphatic carbocycles. The maximum absolute atomic E-state index is 11.3. The normalized spacial score (nSPS) is 14.9. The highest BCUT2D eigenvalue weighted by Gasteiger charge is 2.38. The predicted molar refractivity (Wildman–Crippen MR) is 99.0 cm³/mol. The molecule has 0 bridgehead atoms. The van der Waals surface area contributed by atoms with E-state index < -0.39 is 11.6 Å². The Bertz CT molecular complexity index is 773. The zero-order valence-electron chi connectivity index (χ0n) is 14.3. The van der Waals surface area contributed by atoms with Crippen LogP contribution in [0.2, 0.25) is 0 Å². The van der Waals surface area contributed by atoms with Crippen molar-refractivity contribution in [2.75, 3.05) is 0 Å². The minimum atomic E-state index is -1.26. The van der Waals surface area contributed by atoms with Crippen molar-refractivity contribution < 1.29 is 10.3 Å². The van der Waals surface area contributed by atoms with Crippen molar-refractivity contribution in [3.05, 3.63) is 108 Å². The summed E-state index contributed by atoms with van der Waals surface area (Å²) >= 11 is 0. The van der Waals surface area contributed by atoms with E-state index in [1.807, 2.05) is 91.0 Å². The van der Waals surface area contributed by atoms with Crippen LogP contribution >= 0.6 is 0 Å². The van der Waals surface area contributed by atoms with Crippen molar-refractivity contribution >= 4 is 0 Å². The first-order valence-electron chi connectivity index (χ1n) is 8.41. The number of rotatable bonds is 6. The van der Waals surface area contributed by atoms with Gasteiger partial charge in [0.15, 0.2) is 0 Å². The van der Waals surface area contributed by atoms with Gasteiger partial charge in [-0.2, -0.15) is 5.06 Å². The van der Waals surface area contributed by atoms with Crippen LogP contribution in [0.1, 0.15) is 29.7 Å². The molecule has 3 rings (SSSR count). The first-order valence-corrected chi connectivity index (χ1v) is 8.41. The number of aliphatic hydroxyl groups is 1. The van der Waals surface area contributed by atoms with Gasteiger partial charge in [-0.05, 0) is 23.6 Å². The Labute approximate surface area is 148 Å². The zero-order valence-corrected chi connectivity index (χ0v) is 14.3. The van der Waals surface area contributed by atoms with Gasteiger partial charge in [0.2, 0.25) is 0 Å². The quantitative estimate of drug-likeness (QED) is 0.652. The molecule has 3 heteroatoms. The van der Waals surface area contributed by atoms with Gasteiger partial charge in [0.05, 0.1) is 6.04 Å². The Kier molecular flexibility index (Phi) is 5.29. The van der Waals surface area contributed by atoms with Crippen molar-refractivity contribution in [3.8, 4) is 0 Å². The Morgan fingerprint density at radius 1 is 0.800 bits per heavy atom. The van der Waals surface area contributed by atoms with Crippen molar-refractivity contribution in [1.29, 1.82) is 0 Å². The van der Waals surface area contributed by atoms with Gasteiger partial charge in [-0.15, -0.1) is 0 Å². The molecule has 0 fully saturated rings. The first-order chi connectivity index (χ1) is 12.1. The van der Waals surface area contributed by atoms with Gasteiger partial charge < -0.3 is 10.3 Å². The molecule has 2 atom stereocenters. The number of nitrogens with zero attached hydrogens (tertiary/aromatic N) is 1. The van der Waals surface area contributed by atoms with E-state index in [1.54, 1.807) is 6.92 Å². The lowest BCUT2D eigenvalue weighted by molar-refractivity contribution is -0.194. The highest BCUT2D eigenvalue weighted by atomic mass is 16.5. The summed E-state index contributed by atoms with van der Waals surface area (Å²) < 4.78 is 0. The average Bonchev–Trinajstić information content (AvgIpc) is 2.64. The van der Waals surface area contributed by atoms with E-state index in [0.717, 1.165) is 16.7 Å². The van der Waals surface area contributed by atoms with Crippen LogP contribution in [0.5, 0.6) is 0 Å². The first kappa shape index (κ1) is 17.4. The van der Waals surface area contributed by atoms with Crippen LogP contribution in [0.4, 0.5) is 0 Å². The third kappa shape index (κ3) is 3.97. The monoisotopic (exact) mass is 333 g/mol. The van der Waals surface area contributed by atoms with E-state index in [2.05, 4.69) is 0 Å². The Morgan fingerprint density at radius 3 is 1.84 bits per heavy atom. The second kappa shape index (κ2) is 7.62. The SMILES string of the molecule is CC(O)(c1ccccc1)C(c1ccccc1)N(O)Cc1ccccc1. The molecule has 0 amide bonds. The fraction of sp³-hybridized carbons (Fsp3) is 0.182. The molecule has 0 saturated carbocycles. The van der Waals surface area contributed by atoms with Gasteiger partial charge >= 0.3 is 0 Å². The Balaban J connectivity index is 1.98. The molecule has 0 heterocycles. The fourth-order valence-corrected chi connectivity index (χ4v) is 3.22. The predicted octanol–water partition coefficient (Wildman–Crippen LogP) is 4.53. The van der Waals surface area contributed by atoms with Crippen LogP contribution in [0.3, 0.4) is 0 Å². The van der Waals surface area contributed by atoms with E-state index in [4.69, 9.17) is 0 Å². The molecule has 0 aliphatic rings. The molecular formula is C22H23NO2. The molecule has 3 aromatic carbocycles. The summed E-state index contributed by atoms with van der Waals surface area (Å²) in [5.74, 6) is 0. The second-order valence-electron chi connectivity index (χ2n) is 6.41. The molecule has 0 aromatic heterocycles. The second-order valence-corrected chi connectivity index (χ2v) is 6.41. The van der Waals surface area contributed by atoms with Gasteiger partial charge in [0.25, 0.3) is 0 Å². The third-order valence-electron chi connectivity index (χ3n) is 4.49. The van der Waals surface area contributed by atoms with Crippen LogP contribution in [0.25, 0.3) is 0 Å². The van der Waals surface area contributed by atoms with Gasteiger partial charge in [-0.1, -0.05) is 91.0 Å². The summed E-state index contributed by atoms with van der Waals surface area (Å²) in [6.07, 6.45) is 0. The smallest absolute Gasteiger partial charge is 0.109 e. The summed E-state index contributed by atoms with van der Waals surface area (Å²) in [4.78, 5) is 0. The number of benzene rings is 3. The van der Waals surface area contributed by atoms with Crippen LogP contribution in [-0.4, -0.2) is 15.4 Å². The van der Waals surface area contributed by atoms with Crippen molar-refractivity contribution in [3.63, 3.8) is 0 Å². The molecule has 2 unspecified atom stereocenters. The molecule has 3 aromatic rings. The fourth-order valence-electron chi connectivity index (χ4n) is 3.22. The molecule has 3 nitrogen and oxygen atoms in total. The molecule has 25 heavy (non-hydrogen) atoms. The molecular weight excluding hydrogens is 310 g/mol. The van der Waals surface area contributed by atoms with Gasteiger partial charge in [-0.3, -0.25) is 0 Å². The van der Waals surface area contributed by atoms with Crippen LogP contribution < -0.4 is 0 Å². The Hall–Kier alpha value is -2.46. The van der Waals surface area contributed by atoms with Crippen LogP contribution in [0.15, 0.2) is 91.0 Å². The standard InChI is InChI=1S/C22H23NO2/c1-22(24,20-15-9-4-10-16-20)21(19-13-7-3-8-14-19)23(25)17-18-11-5-2-6-12-18/h2-16,21,24-25H,17H2,1H3. The van der Waals surface area contributed by atoms with E-state index >= 15 is 0 Å². The lowest BCUT2D eigenvalue weighted by atomic mass is 9.83. The number of hydrogen-bond donors (Lipinski definition) is 2. The largest absolute Gasteiger partial charge is 0.383 e. The summed E-state index contributed by atoms with van der Waals surface area (Å²) in [6.45, 7) is 2.07. The van der Waals surface area contributed by atoms with Crippen molar-refractivity contribution in [1.82, 2.24) is 5.06 Å². The van der Waals surface area contributed by atoms with E-state index in [-0.39, 0.29) is 0 Å². The molecule has 0 spiro atoms. The van der Waals surface area contributed by atoms with Crippen molar-refractivity contribution in [2.45, 2.75) is 25.1 Å². The maximum atomic E-state index is 11.3. The third-order valence-corrected chi connectivity index (χ3v) is 4.49.